The molecular weight excluding hydrogens is 362 g/mol. The van der Waals surface area contributed by atoms with E-state index in [1.807, 2.05) is 25.1 Å². The number of para-hydroxylation sites is 1. The van der Waals surface area contributed by atoms with E-state index in [0.29, 0.717) is 5.96 Å². The fraction of sp³-hybridized carbons (Fsp3) is 0.650. The number of aliphatic imine (C=N–C) groups is 1. The van der Waals surface area contributed by atoms with Crippen LogP contribution in [-0.4, -0.2) is 44.6 Å². The fourth-order valence-corrected chi connectivity index (χ4v) is 4.66. The van der Waals surface area contributed by atoms with Gasteiger partial charge >= 0.3 is 0 Å². The van der Waals surface area contributed by atoms with Crippen molar-refractivity contribution in [1.29, 1.82) is 0 Å². The summed E-state index contributed by atoms with van der Waals surface area (Å²) in [5.41, 5.74) is 1.05. The number of benzene rings is 1. The van der Waals surface area contributed by atoms with Gasteiger partial charge in [0.05, 0.1) is 18.3 Å². The molecule has 1 aromatic carbocycles. The Morgan fingerprint density at radius 1 is 1.26 bits per heavy atom. The summed E-state index contributed by atoms with van der Waals surface area (Å²) in [4.78, 5) is 4.50. The molecular formula is C20H31N3O3S. The van der Waals surface area contributed by atoms with Crippen molar-refractivity contribution in [2.24, 2.45) is 4.99 Å². The van der Waals surface area contributed by atoms with Gasteiger partial charge in [-0.2, -0.15) is 0 Å². The molecule has 0 amide bonds. The Morgan fingerprint density at radius 3 is 2.70 bits per heavy atom. The van der Waals surface area contributed by atoms with Crippen LogP contribution >= 0.6 is 0 Å². The van der Waals surface area contributed by atoms with Crippen molar-refractivity contribution in [2.75, 3.05) is 24.6 Å². The largest absolute Gasteiger partial charge is 0.487 e. The monoisotopic (exact) mass is 393 g/mol. The predicted molar refractivity (Wildman–Crippen MR) is 109 cm³/mol. The Hall–Kier alpha value is -1.76. The van der Waals surface area contributed by atoms with Gasteiger partial charge in [-0.15, -0.1) is 0 Å². The minimum absolute atomic E-state index is 0.0778. The molecule has 0 saturated heterocycles. The quantitative estimate of drug-likeness (QED) is 0.574. The molecule has 0 bridgehead atoms. The first kappa shape index (κ1) is 20.0. The van der Waals surface area contributed by atoms with Crippen LogP contribution in [0.5, 0.6) is 5.75 Å². The van der Waals surface area contributed by atoms with Crippen molar-refractivity contribution < 1.29 is 13.2 Å². The summed E-state index contributed by atoms with van der Waals surface area (Å²) >= 11 is 0. The number of hydrogen-bond acceptors (Lipinski definition) is 4. The lowest BCUT2D eigenvalue weighted by molar-refractivity contribution is 0.0396. The minimum atomic E-state index is -3.01. The van der Waals surface area contributed by atoms with Gasteiger partial charge in [-0.1, -0.05) is 25.1 Å². The van der Waals surface area contributed by atoms with Gasteiger partial charge in [0.2, 0.25) is 0 Å². The maximum atomic E-state index is 11.7. The summed E-state index contributed by atoms with van der Waals surface area (Å²) in [6, 6.07) is 8.29. The number of hydrogen-bond donors (Lipinski definition) is 2. The number of nitrogens with zero attached hydrogens (tertiary/aromatic N) is 1. The van der Waals surface area contributed by atoms with Crippen molar-refractivity contribution in [3.63, 3.8) is 0 Å². The Balaban J connectivity index is 1.77. The lowest BCUT2D eigenvalue weighted by atomic mass is 9.86. The lowest BCUT2D eigenvalue weighted by Crippen LogP contribution is -2.46. The third kappa shape index (κ3) is 4.94. The Kier molecular flexibility index (Phi) is 6.29. The topological polar surface area (TPSA) is 79.8 Å². The summed E-state index contributed by atoms with van der Waals surface area (Å²) in [6.45, 7) is 4.67. The van der Waals surface area contributed by atoms with Crippen LogP contribution in [0.3, 0.4) is 0 Å². The van der Waals surface area contributed by atoms with Gasteiger partial charge in [0, 0.05) is 24.3 Å². The van der Waals surface area contributed by atoms with Crippen molar-refractivity contribution in [3.05, 3.63) is 29.8 Å². The van der Waals surface area contributed by atoms with E-state index in [-0.39, 0.29) is 29.7 Å². The maximum Gasteiger partial charge on any atom is 0.191 e. The number of ether oxygens (including phenoxy) is 1. The highest BCUT2D eigenvalue weighted by Crippen LogP contribution is 2.46. The molecule has 1 heterocycles. The smallest absolute Gasteiger partial charge is 0.191 e. The molecule has 1 unspecified atom stereocenters. The standard InChI is InChI=1S/C20H31N3O3S/c1-3-21-19(22-13-14-27(24,25)4-2)23-17-15-20(11-7-8-12-20)26-18-10-6-5-9-16(17)18/h5-6,9-10,17H,3-4,7-8,11-15H2,1-2H3,(H2,21,22,23). The highest BCUT2D eigenvalue weighted by molar-refractivity contribution is 7.91. The van der Waals surface area contributed by atoms with E-state index in [9.17, 15) is 8.42 Å². The lowest BCUT2D eigenvalue weighted by Gasteiger charge is -2.40. The number of sulfone groups is 1. The van der Waals surface area contributed by atoms with Crippen molar-refractivity contribution in [1.82, 2.24) is 10.6 Å². The first-order valence-electron chi connectivity index (χ1n) is 10.0. The van der Waals surface area contributed by atoms with Gasteiger partial charge in [-0.25, -0.2) is 8.42 Å². The van der Waals surface area contributed by atoms with Gasteiger partial charge < -0.3 is 15.4 Å². The van der Waals surface area contributed by atoms with Crippen LogP contribution in [0.4, 0.5) is 0 Å². The molecule has 0 radical (unpaired) electrons. The molecule has 1 aliphatic heterocycles. The van der Waals surface area contributed by atoms with Gasteiger partial charge in [0.1, 0.15) is 11.4 Å². The summed E-state index contributed by atoms with van der Waals surface area (Å²) in [5, 5.41) is 6.78. The summed E-state index contributed by atoms with van der Waals surface area (Å²) in [7, 11) is -3.01. The van der Waals surface area contributed by atoms with E-state index < -0.39 is 9.84 Å². The van der Waals surface area contributed by atoms with Crippen molar-refractivity contribution >= 4 is 15.8 Å². The van der Waals surface area contributed by atoms with E-state index in [0.717, 1.165) is 37.1 Å². The average molecular weight is 394 g/mol. The van der Waals surface area contributed by atoms with Crippen LogP contribution in [0.2, 0.25) is 0 Å². The summed E-state index contributed by atoms with van der Waals surface area (Å²) in [6.07, 6.45) is 5.49. The number of guanidine groups is 1. The van der Waals surface area contributed by atoms with Crippen LogP contribution in [0.1, 0.15) is 57.6 Å². The normalized spacial score (nSPS) is 21.6. The van der Waals surface area contributed by atoms with E-state index in [2.05, 4.69) is 21.7 Å². The highest BCUT2D eigenvalue weighted by Gasteiger charge is 2.43. The molecule has 3 rings (SSSR count). The number of fused-ring (bicyclic) bond motifs is 1. The van der Waals surface area contributed by atoms with E-state index >= 15 is 0 Å². The second kappa shape index (κ2) is 8.50. The Labute approximate surface area is 162 Å². The van der Waals surface area contributed by atoms with E-state index in [1.54, 1.807) is 6.92 Å². The zero-order chi connectivity index (χ0) is 19.3. The molecule has 150 valence electrons. The number of nitrogens with one attached hydrogen (secondary N) is 2. The molecule has 1 fully saturated rings. The third-order valence-corrected chi connectivity index (χ3v) is 7.16. The van der Waals surface area contributed by atoms with Crippen LogP contribution in [0.15, 0.2) is 29.3 Å². The zero-order valence-corrected chi connectivity index (χ0v) is 17.1. The maximum absolute atomic E-state index is 11.7. The van der Waals surface area contributed by atoms with Gasteiger partial charge in [-0.05, 0) is 38.7 Å². The third-order valence-electron chi connectivity index (χ3n) is 5.48. The molecule has 1 aromatic rings. The van der Waals surface area contributed by atoms with Crippen molar-refractivity contribution in [3.8, 4) is 5.75 Å². The van der Waals surface area contributed by atoms with E-state index in [1.165, 1.54) is 12.8 Å². The fourth-order valence-electron chi connectivity index (χ4n) is 4.00. The summed E-state index contributed by atoms with van der Waals surface area (Å²) < 4.78 is 29.9. The second-order valence-corrected chi connectivity index (χ2v) is 9.90. The van der Waals surface area contributed by atoms with Crippen LogP contribution in [0.25, 0.3) is 0 Å². The van der Waals surface area contributed by atoms with Crippen LogP contribution in [-0.2, 0) is 9.84 Å². The van der Waals surface area contributed by atoms with Gasteiger partial charge in [0.15, 0.2) is 15.8 Å². The number of rotatable bonds is 6. The second-order valence-electron chi connectivity index (χ2n) is 7.43. The van der Waals surface area contributed by atoms with Gasteiger partial charge in [-0.3, -0.25) is 4.99 Å². The molecule has 1 aliphatic carbocycles. The van der Waals surface area contributed by atoms with Crippen LogP contribution < -0.4 is 15.4 Å². The minimum Gasteiger partial charge on any atom is -0.487 e. The predicted octanol–water partition coefficient (Wildman–Crippen LogP) is 2.81. The molecule has 6 nitrogen and oxygen atoms in total. The first-order valence-corrected chi connectivity index (χ1v) is 11.8. The van der Waals surface area contributed by atoms with E-state index in [4.69, 9.17) is 4.74 Å². The Morgan fingerprint density at radius 2 is 2.00 bits per heavy atom. The molecule has 2 N–H and O–H groups in total. The molecule has 7 heteroatoms. The molecule has 27 heavy (non-hydrogen) atoms. The summed E-state index contributed by atoms with van der Waals surface area (Å²) in [5.74, 6) is 1.85. The molecule has 2 aliphatic rings. The zero-order valence-electron chi connectivity index (χ0n) is 16.3. The average Bonchev–Trinajstić information content (AvgIpc) is 3.09. The molecule has 1 spiro atoms. The van der Waals surface area contributed by atoms with Gasteiger partial charge in [0.25, 0.3) is 0 Å². The molecule has 1 atom stereocenters. The first-order chi connectivity index (χ1) is 13.0. The van der Waals surface area contributed by atoms with Crippen molar-refractivity contribution in [2.45, 2.75) is 57.6 Å². The molecule has 1 saturated carbocycles. The van der Waals surface area contributed by atoms with Crippen LogP contribution in [0, 0.1) is 0 Å². The SMILES string of the molecule is CCNC(=NCCS(=O)(=O)CC)NC1CC2(CCCC2)Oc2ccccc21. The highest BCUT2D eigenvalue weighted by atomic mass is 32.2. The molecule has 0 aromatic heterocycles. The Bertz CT molecular complexity index is 770.